The molecule has 5 heteroatoms. The maximum absolute atomic E-state index is 11.3. The molecule has 0 saturated heterocycles. The van der Waals surface area contributed by atoms with Crippen molar-refractivity contribution in [3.8, 4) is 0 Å². The van der Waals surface area contributed by atoms with Crippen molar-refractivity contribution < 1.29 is 14.3 Å². The van der Waals surface area contributed by atoms with E-state index < -0.39 is 0 Å². The maximum atomic E-state index is 11.3. The summed E-state index contributed by atoms with van der Waals surface area (Å²) in [6.45, 7) is 1.89. The van der Waals surface area contributed by atoms with Crippen molar-refractivity contribution in [3.05, 3.63) is 0 Å². The molecule has 0 aliphatic heterocycles. The van der Waals surface area contributed by atoms with Crippen LogP contribution in [-0.2, 0) is 14.3 Å². The Morgan fingerprint density at radius 2 is 1.94 bits per heavy atom. The van der Waals surface area contributed by atoms with E-state index in [1.165, 1.54) is 25.0 Å². The summed E-state index contributed by atoms with van der Waals surface area (Å²) >= 11 is 1.89. The van der Waals surface area contributed by atoms with Gasteiger partial charge in [-0.3, -0.25) is 4.79 Å². The normalized spacial score (nSPS) is 10.5. The highest BCUT2D eigenvalue weighted by atomic mass is 32.2. The lowest BCUT2D eigenvalue weighted by Gasteiger charge is -2.06. The molecule has 0 aliphatic rings. The fourth-order valence-corrected chi connectivity index (χ4v) is 1.80. The third kappa shape index (κ3) is 13.7. The monoisotopic (exact) mass is 263 g/mol. The lowest BCUT2D eigenvalue weighted by atomic mass is 10.2. The Morgan fingerprint density at radius 1 is 1.18 bits per heavy atom. The summed E-state index contributed by atoms with van der Waals surface area (Å²) in [5.41, 5.74) is 0. The van der Waals surface area contributed by atoms with Crippen molar-refractivity contribution in [2.75, 3.05) is 45.5 Å². The first kappa shape index (κ1) is 16.7. The van der Waals surface area contributed by atoms with Gasteiger partial charge in [0.25, 0.3) is 0 Å². The first-order valence-electron chi connectivity index (χ1n) is 6.13. The van der Waals surface area contributed by atoms with Gasteiger partial charge in [-0.2, -0.15) is 11.8 Å². The molecule has 1 N–H and O–H groups in total. The van der Waals surface area contributed by atoms with Gasteiger partial charge in [0.1, 0.15) is 6.61 Å². The number of methoxy groups -OCH3 is 1. The highest BCUT2D eigenvalue weighted by molar-refractivity contribution is 7.98. The highest BCUT2D eigenvalue weighted by Crippen LogP contribution is 2.03. The largest absolute Gasteiger partial charge is 0.382 e. The third-order valence-electron chi connectivity index (χ3n) is 2.26. The Kier molecular flexibility index (Phi) is 13.6. The van der Waals surface area contributed by atoms with E-state index in [0.717, 1.165) is 13.0 Å². The van der Waals surface area contributed by atoms with Crippen LogP contribution in [0.5, 0.6) is 0 Å². The standard InChI is InChI=1S/C12H25NO3S/c1-15-8-9-16-11-12(14)13-7-5-3-4-6-10-17-2/h3-11H2,1-2H3,(H,13,14). The number of carbonyl (C=O) groups is 1. The second-order valence-corrected chi connectivity index (χ2v) is 4.79. The summed E-state index contributed by atoms with van der Waals surface area (Å²) in [6.07, 6.45) is 6.89. The van der Waals surface area contributed by atoms with Crippen molar-refractivity contribution in [1.82, 2.24) is 5.32 Å². The van der Waals surface area contributed by atoms with Gasteiger partial charge in [-0.05, 0) is 24.9 Å². The smallest absolute Gasteiger partial charge is 0.245 e. The Labute approximate surface area is 109 Å². The van der Waals surface area contributed by atoms with Crippen LogP contribution in [0.2, 0.25) is 0 Å². The molecule has 0 heterocycles. The van der Waals surface area contributed by atoms with E-state index in [1.54, 1.807) is 7.11 Å². The Morgan fingerprint density at radius 3 is 2.65 bits per heavy atom. The van der Waals surface area contributed by atoms with Crippen LogP contribution in [0.1, 0.15) is 25.7 Å². The maximum Gasteiger partial charge on any atom is 0.245 e. The average molecular weight is 263 g/mol. The minimum absolute atomic E-state index is 0.0368. The van der Waals surface area contributed by atoms with Crippen molar-refractivity contribution in [2.45, 2.75) is 25.7 Å². The zero-order valence-corrected chi connectivity index (χ0v) is 11.8. The van der Waals surface area contributed by atoms with Gasteiger partial charge in [-0.15, -0.1) is 0 Å². The molecule has 1 amide bonds. The molecule has 0 unspecified atom stereocenters. The van der Waals surface area contributed by atoms with Crippen LogP contribution < -0.4 is 5.32 Å². The number of ether oxygens (including phenoxy) is 2. The van der Waals surface area contributed by atoms with Gasteiger partial charge in [-0.25, -0.2) is 0 Å². The zero-order chi connectivity index (χ0) is 12.8. The van der Waals surface area contributed by atoms with Crippen molar-refractivity contribution in [1.29, 1.82) is 0 Å². The number of hydrogen-bond donors (Lipinski definition) is 1. The van der Waals surface area contributed by atoms with Crippen LogP contribution >= 0.6 is 11.8 Å². The molecule has 102 valence electrons. The van der Waals surface area contributed by atoms with Gasteiger partial charge in [-0.1, -0.05) is 12.8 Å². The summed E-state index contributed by atoms with van der Waals surface area (Å²) in [4.78, 5) is 11.3. The molecule has 4 nitrogen and oxygen atoms in total. The molecule has 0 spiro atoms. The average Bonchev–Trinajstić information content (AvgIpc) is 2.33. The predicted molar refractivity (Wildman–Crippen MR) is 72.6 cm³/mol. The summed E-state index contributed by atoms with van der Waals surface area (Å²) in [6, 6.07) is 0. The summed E-state index contributed by atoms with van der Waals surface area (Å²) in [5, 5.41) is 2.84. The topological polar surface area (TPSA) is 47.6 Å². The second kappa shape index (κ2) is 13.8. The van der Waals surface area contributed by atoms with Gasteiger partial charge in [0.2, 0.25) is 5.91 Å². The van der Waals surface area contributed by atoms with Gasteiger partial charge in [0, 0.05) is 13.7 Å². The van der Waals surface area contributed by atoms with Gasteiger partial charge < -0.3 is 14.8 Å². The molecular weight excluding hydrogens is 238 g/mol. The van der Waals surface area contributed by atoms with E-state index in [0.29, 0.717) is 13.2 Å². The lowest BCUT2D eigenvalue weighted by molar-refractivity contribution is -0.126. The predicted octanol–water partition coefficient (Wildman–Crippen LogP) is 1.69. The fourth-order valence-electron chi connectivity index (χ4n) is 1.31. The summed E-state index contributed by atoms with van der Waals surface area (Å²) in [7, 11) is 1.61. The fraction of sp³-hybridized carbons (Fsp3) is 0.917. The van der Waals surface area contributed by atoms with E-state index in [2.05, 4.69) is 11.6 Å². The molecule has 0 aliphatic carbocycles. The quantitative estimate of drug-likeness (QED) is 0.544. The number of carbonyl (C=O) groups excluding carboxylic acids is 1. The minimum atomic E-state index is -0.0368. The number of amides is 1. The molecule has 17 heavy (non-hydrogen) atoms. The minimum Gasteiger partial charge on any atom is -0.382 e. The second-order valence-electron chi connectivity index (χ2n) is 3.80. The molecule has 0 fully saturated rings. The molecule has 0 atom stereocenters. The van der Waals surface area contributed by atoms with Crippen LogP contribution in [-0.4, -0.2) is 51.4 Å². The summed E-state index contributed by atoms with van der Waals surface area (Å²) < 4.78 is 9.92. The van der Waals surface area contributed by atoms with Gasteiger partial charge in [0.15, 0.2) is 0 Å². The van der Waals surface area contributed by atoms with Gasteiger partial charge in [0.05, 0.1) is 13.2 Å². The Balaban J connectivity index is 3.11. The van der Waals surface area contributed by atoms with E-state index in [4.69, 9.17) is 9.47 Å². The first-order valence-corrected chi connectivity index (χ1v) is 7.53. The molecule has 0 radical (unpaired) electrons. The molecule has 0 aromatic rings. The lowest BCUT2D eigenvalue weighted by Crippen LogP contribution is -2.29. The molecule has 0 aromatic heterocycles. The highest BCUT2D eigenvalue weighted by Gasteiger charge is 1.99. The first-order chi connectivity index (χ1) is 8.31. The van der Waals surface area contributed by atoms with Crippen molar-refractivity contribution in [3.63, 3.8) is 0 Å². The molecule has 0 bridgehead atoms. The number of rotatable bonds is 12. The summed E-state index contributed by atoms with van der Waals surface area (Å²) in [5.74, 6) is 1.20. The number of thioether (sulfide) groups is 1. The SMILES string of the molecule is COCCOCC(=O)NCCCCCCSC. The van der Waals surface area contributed by atoms with Crippen LogP contribution in [0.25, 0.3) is 0 Å². The van der Waals surface area contributed by atoms with Crippen LogP contribution in [0.4, 0.5) is 0 Å². The molecule has 0 aromatic carbocycles. The van der Waals surface area contributed by atoms with Crippen molar-refractivity contribution >= 4 is 17.7 Å². The van der Waals surface area contributed by atoms with Gasteiger partial charge >= 0.3 is 0 Å². The number of hydrogen-bond acceptors (Lipinski definition) is 4. The molecule has 0 saturated carbocycles. The van der Waals surface area contributed by atoms with E-state index in [1.807, 2.05) is 11.8 Å². The zero-order valence-electron chi connectivity index (χ0n) is 11.0. The van der Waals surface area contributed by atoms with Crippen LogP contribution in [0.15, 0.2) is 0 Å². The molecule has 0 rings (SSSR count). The Hall–Kier alpha value is -0.260. The van der Waals surface area contributed by atoms with Crippen LogP contribution in [0.3, 0.4) is 0 Å². The third-order valence-corrected chi connectivity index (χ3v) is 2.96. The van der Waals surface area contributed by atoms with Crippen LogP contribution in [0, 0.1) is 0 Å². The van der Waals surface area contributed by atoms with E-state index >= 15 is 0 Å². The van der Waals surface area contributed by atoms with E-state index in [9.17, 15) is 4.79 Å². The number of nitrogens with one attached hydrogen (secondary N) is 1. The Bertz CT molecular complexity index is 179. The van der Waals surface area contributed by atoms with E-state index in [-0.39, 0.29) is 12.5 Å². The van der Waals surface area contributed by atoms with Crippen molar-refractivity contribution in [2.24, 2.45) is 0 Å². The molecular formula is C12H25NO3S. The number of unbranched alkanes of at least 4 members (excludes halogenated alkanes) is 3.